The lowest BCUT2D eigenvalue weighted by Gasteiger charge is -2.08. The van der Waals surface area contributed by atoms with Gasteiger partial charge in [-0.15, -0.1) is 0 Å². The van der Waals surface area contributed by atoms with Crippen molar-refractivity contribution in [1.82, 2.24) is 0 Å². The van der Waals surface area contributed by atoms with Gasteiger partial charge in [-0.2, -0.15) is 0 Å². The van der Waals surface area contributed by atoms with Gasteiger partial charge in [-0.25, -0.2) is 0 Å². The van der Waals surface area contributed by atoms with Gasteiger partial charge in [0.2, 0.25) is 5.91 Å². The second kappa shape index (κ2) is 8.31. The Morgan fingerprint density at radius 3 is 2.79 bits per heavy atom. The minimum absolute atomic E-state index is 0.0320. The van der Waals surface area contributed by atoms with E-state index in [1.54, 1.807) is 0 Å². The van der Waals surface area contributed by atoms with Crippen LogP contribution in [0.4, 0.5) is 11.4 Å². The van der Waals surface area contributed by atoms with Crippen LogP contribution in [0.25, 0.3) is 0 Å². The molecule has 6 nitrogen and oxygen atoms in total. The van der Waals surface area contributed by atoms with Crippen molar-refractivity contribution in [3.05, 3.63) is 63.2 Å². The molecular weight excluding hydrogens is 332 g/mol. The maximum atomic E-state index is 11.9. The number of nitrogens with one attached hydrogen (secondary N) is 1. The number of ether oxygens (including phenoxy) is 1. The summed E-state index contributed by atoms with van der Waals surface area (Å²) < 4.78 is 5.57. The van der Waals surface area contributed by atoms with Gasteiger partial charge in [0.05, 0.1) is 11.5 Å². The Bertz CT molecular complexity index is 749. The molecule has 0 radical (unpaired) electrons. The minimum Gasteiger partial charge on any atom is -0.494 e. The van der Waals surface area contributed by atoms with Gasteiger partial charge in [-0.05, 0) is 43.2 Å². The highest BCUT2D eigenvalue weighted by Crippen LogP contribution is 2.27. The molecule has 2 rings (SSSR count). The van der Waals surface area contributed by atoms with Crippen molar-refractivity contribution in [2.45, 2.75) is 19.8 Å². The Morgan fingerprint density at radius 1 is 1.29 bits per heavy atom. The molecule has 0 aliphatic carbocycles. The van der Waals surface area contributed by atoms with Crippen LogP contribution in [0.2, 0.25) is 5.02 Å². The van der Waals surface area contributed by atoms with Gasteiger partial charge in [0.15, 0.2) is 0 Å². The molecule has 7 heteroatoms. The molecule has 0 atom stereocenters. The van der Waals surface area contributed by atoms with E-state index in [1.165, 1.54) is 18.2 Å². The van der Waals surface area contributed by atoms with Crippen LogP contribution in [0.1, 0.15) is 18.4 Å². The maximum Gasteiger partial charge on any atom is 0.289 e. The first kappa shape index (κ1) is 17.7. The Morgan fingerprint density at radius 2 is 2.08 bits per heavy atom. The number of aryl methyl sites for hydroxylation is 1. The zero-order valence-electron chi connectivity index (χ0n) is 13.1. The van der Waals surface area contributed by atoms with Crippen molar-refractivity contribution in [3.8, 4) is 5.75 Å². The normalized spacial score (nSPS) is 10.2. The monoisotopic (exact) mass is 348 g/mol. The van der Waals surface area contributed by atoms with Crippen LogP contribution >= 0.6 is 11.6 Å². The highest BCUT2D eigenvalue weighted by atomic mass is 35.5. The summed E-state index contributed by atoms with van der Waals surface area (Å²) in [4.78, 5) is 22.1. The standard InChI is InChI=1S/C17H17ClN2O4/c1-12-4-2-5-14(10-12)24-9-3-6-17(21)19-13-7-8-15(18)16(11-13)20(22)23/h2,4-5,7-8,10-11H,3,6,9H2,1H3,(H,19,21). The fourth-order valence-corrected chi connectivity index (χ4v) is 2.27. The summed E-state index contributed by atoms with van der Waals surface area (Å²) in [7, 11) is 0. The van der Waals surface area contributed by atoms with E-state index in [4.69, 9.17) is 16.3 Å². The number of carbonyl (C=O) groups is 1. The average Bonchev–Trinajstić information content (AvgIpc) is 2.53. The van der Waals surface area contributed by atoms with Crippen LogP contribution in [-0.2, 0) is 4.79 Å². The molecule has 0 aromatic heterocycles. The molecule has 126 valence electrons. The van der Waals surface area contributed by atoms with Crippen molar-refractivity contribution in [2.24, 2.45) is 0 Å². The molecule has 0 spiro atoms. The number of nitro benzene ring substituents is 1. The zero-order valence-corrected chi connectivity index (χ0v) is 13.9. The molecule has 1 amide bonds. The Kier molecular flexibility index (Phi) is 6.14. The number of nitro groups is 1. The van der Waals surface area contributed by atoms with Gasteiger partial charge in [0, 0.05) is 18.2 Å². The number of anilines is 1. The molecule has 24 heavy (non-hydrogen) atoms. The minimum atomic E-state index is -0.590. The Labute approximate surface area is 144 Å². The summed E-state index contributed by atoms with van der Waals surface area (Å²) in [5.41, 5.74) is 1.21. The van der Waals surface area contributed by atoms with Crippen LogP contribution in [0.5, 0.6) is 5.75 Å². The first-order valence-corrected chi connectivity index (χ1v) is 7.77. The third-order valence-corrected chi connectivity index (χ3v) is 3.55. The number of halogens is 1. The molecule has 0 bridgehead atoms. The number of carbonyl (C=O) groups excluding carboxylic acids is 1. The van der Waals surface area contributed by atoms with E-state index in [9.17, 15) is 14.9 Å². The fraction of sp³-hybridized carbons (Fsp3) is 0.235. The van der Waals surface area contributed by atoms with Gasteiger partial charge in [-0.1, -0.05) is 23.7 Å². The Hall–Kier alpha value is -2.60. The number of amides is 1. The molecule has 0 heterocycles. The number of hydrogen-bond donors (Lipinski definition) is 1. The first-order valence-electron chi connectivity index (χ1n) is 7.39. The summed E-state index contributed by atoms with van der Waals surface area (Å²) in [5.74, 6) is 0.531. The molecule has 0 saturated heterocycles. The van der Waals surface area contributed by atoms with Crippen molar-refractivity contribution >= 4 is 28.9 Å². The number of rotatable bonds is 7. The van der Waals surface area contributed by atoms with Crippen LogP contribution < -0.4 is 10.1 Å². The van der Waals surface area contributed by atoms with Crippen LogP contribution in [0.15, 0.2) is 42.5 Å². The van der Waals surface area contributed by atoms with Gasteiger partial charge < -0.3 is 10.1 Å². The largest absolute Gasteiger partial charge is 0.494 e. The van der Waals surface area contributed by atoms with Crippen LogP contribution in [0.3, 0.4) is 0 Å². The van der Waals surface area contributed by atoms with Crippen molar-refractivity contribution in [3.63, 3.8) is 0 Å². The van der Waals surface area contributed by atoms with E-state index in [1.807, 2.05) is 31.2 Å². The summed E-state index contributed by atoms with van der Waals surface area (Å²) >= 11 is 5.73. The van der Waals surface area contributed by atoms with Gasteiger partial charge >= 0.3 is 0 Å². The summed E-state index contributed by atoms with van der Waals surface area (Å²) in [5, 5.41) is 13.5. The lowest BCUT2D eigenvalue weighted by atomic mass is 10.2. The van der Waals surface area contributed by atoms with Crippen molar-refractivity contribution < 1.29 is 14.5 Å². The van der Waals surface area contributed by atoms with Gasteiger partial charge in [0.25, 0.3) is 5.69 Å². The Balaban J connectivity index is 1.79. The second-order valence-electron chi connectivity index (χ2n) is 5.24. The second-order valence-corrected chi connectivity index (χ2v) is 5.65. The SMILES string of the molecule is Cc1cccc(OCCCC(=O)Nc2ccc(Cl)c([N+](=O)[O-])c2)c1. The lowest BCUT2D eigenvalue weighted by molar-refractivity contribution is -0.384. The molecular formula is C17H17ClN2O4. The fourth-order valence-electron chi connectivity index (χ4n) is 2.08. The summed E-state index contributed by atoms with van der Waals surface area (Å²) in [6.07, 6.45) is 0.789. The summed E-state index contributed by atoms with van der Waals surface area (Å²) in [6, 6.07) is 11.8. The van der Waals surface area contributed by atoms with Crippen molar-refractivity contribution in [1.29, 1.82) is 0 Å². The quantitative estimate of drug-likeness (QED) is 0.458. The van der Waals surface area contributed by atoms with Gasteiger partial charge in [0.1, 0.15) is 10.8 Å². The van der Waals surface area contributed by atoms with Gasteiger partial charge in [-0.3, -0.25) is 14.9 Å². The molecule has 0 unspecified atom stereocenters. The molecule has 0 aliphatic rings. The summed E-state index contributed by atoms with van der Waals surface area (Å²) in [6.45, 7) is 2.39. The van der Waals surface area contributed by atoms with E-state index in [0.29, 0.717) is 18.7 Å². The third-order valence-electron chi connectivity index (χ3n) is 3.23. The number of hydrogen-bond acceptors (Lipinski definition) is 4. The maximum absolute atomic E-state index is 11.9. The molecule has 0 aliphatic heterocycles. The predicted octanol–water partition coefficient (Wildman–Crippen LogP) is 4.35. The first-order chi connectivity index (χ1) is 11.5. The molecule has 2 aromatic rings. The van der Waals surface area contributed by atoms with E-state index in [-0.39, 0.29) is 23.0 Å². The van der Waals surface area contributed by atoms with Crippen LogP contribution in [0, 0.1) is 17.0 Å². The average molecular weight is 349 g/mol. The third kappa shape index (κ3) is 5.24. The molecule has 0 fully saturated rings. The highest BCUT2D eigenvalue weighted by molar-refractivity contribution is 6.32. The van der Waals surface area contributed by atoms with E-state index in [0.717, 1.165) is 11.3 Å². The predicted molar refractivity (Wildman–Crippen MR) is 92.6 cm³/mol. The van der Waals surface area contributed by atoms with E-state index >= 15 is 0 Å². The van der Waals surface area contributed by atoms with Crippen LogP contribution in [-0.4, -0.2) is 17.4 Å². The number of nitrogens with zero attached hydrogens (tertiary/aromatic N) is 1. The molecule has 0 saturated carbocycles. The van der Waals surface area contributed by atoms with Crippen molar-refractivity contribution in [2.75, 3.05) is 11.9 Å². The number of benzene rings is 2. The topological polar surface area (TPSA) is 81.5 Å². The smallest absolute Gasteiger partial charge is 0.289 e. The molecule has 2 aromatic carbocycles. The zero-order chi connectivity index (χ0) is 17.5. The van der Waals surface area contributed by atoms with E-state index in [2.05, 4.69) is 5.32 Å². The van der Waals surface area contributed by atoms with E-state index < -0.39 is 4.92 Å². The molecule has 1 N–H and O–H groups in total. The highest BCUT2D eigenvalue weighted by Gasteiger charge is 2.13. The lowest BCUT2D eigenvalue weighted by Crippen LogP contribution is -2.13.